The summed E-state index contributed by atoms with van der Waals surface area (Å²) in [4.78, 5) is 18.5. The highest BCUT2D eigenvalue weighted by Crippen LogP contribution is 2.34. The SMILES string of the molecule is O=C(N/N=C/C1=C(N2CCOCC2)C(=C/c2ccccc2)/CC1)c1cccnc1. The van der Waals surface area contributed by atoms with Crippen LogP contribution in [-0.2, 0) is 4.74 Å². The minimum atomic E-state index is -0.263. The van der Waals surface area contributed by atoms with Gasteiger partial charge in [-0.15, -0.1) is 0 Å². The maximum atomic E-state index is 12.2. The van der Waals surface area contributed by atoms with E-state index in [1.165, 1.54) is 23.0 Å². The molecule has 1 saturated heterocycles. The minimum Gasteiger partial charge on any atom is -0.378 e. The Morgan fingerprint density at radius 2 is 1.93 bits per heavy atom. The summed E-state index contributed by atoms with van der Waals surface area (Å²) in [7, 11) is 0. The number of nitrogens with one attached hydrogen (secondary N) is 1. The van der Waals surface area contributed by atoms with Crippen molar-refractivity contribution >= 4 is 18.2 Å². The van der Waals surface area contributed by atoms with Crippen LogP contribution in [0.5, 0.6) is 0 Å². The number of hydrogen-bond acceptors (Lipinski definition) is 5. The molecule has 148 valence electrons. The van der Waals surface area contributed by atoms with Gasteiger partial charge >= 0.3 is 0 Å². The highest BCUT2D eigenvalue weighted by atomic mass is 16.5. The zero-order valence-corrected chi connectivity index (χ0v) is 16.3. The second-order valence-corrected chi connectivity index (χ2v) is 6.99. The largest absolute Gasteiger partial charge is 0.378 e. The summed E-state index contributed by atoms with van der Waals surface area (Å²) in [6.07, 6.45) is 9.06. The molecule has 6 heteroatoms. The van der Waals surface area contributed by atoms with Crippen molar-refractivity contribution in [1.82, 2.24) is 15.3 Å². The summed E-state index contributed by atoms with van der Waals surface area (Å²) in [6.45, 7) is 3.18. The quantitative estimate of drug-likeness (QED) is 0.631. The number of hydrazone groups is 1. The van der Waals surface area contributed by atoms with Crippen LogP contribution in [0.15, 0.2) is 76.8 Å². The first kappa shape index (κ1) is 19.1. The van der Waals surface area contributed by atoms with E-state index in [-0.39, 0.29) is 5.91 Å². The summed E-state index contributed by atoms with van der Waals surface area (Å²) in [5.41, 5.74) is 7.95. The summed E-state index contributed by atoms with van der Waals surface area (Å²) in [5, 5.41) is 4.22. The smallest absolute Gasteiger partial charge is 0.272 e. The zero-order valence-electron chi connectivity index (χ0n) is 16.3. The summed E-state index contributed by atoms with van der Waals surface area (Å²) in [5.74, 6) is -0.263. The van der Waals surface area contributed by atoms with Crippen LogP contribution >= 0.6 is 0 Å². The Kier molecular flexibility index (Phi) is 6.12. The fourth-order valence-electron chi connectivity index (χ4n) is 3.65. The van der Waals surface area contributed by atoms with Crippen molar-refractivity contribution in [3.05, 3.63) is 82.8 Å². The lowest BCUT2D eigenvalue weighted by molar-refractivity contribution is 0.0548. The number of carbonyl (C=O) groups is 1. The van der Waals surface area contributed by atoms with Crippen molar-refractivity contribution in [2.45, 2.75) is 12.8 Å². The molecule has 0 bridgehead atoms. The molecule has 2 aromatic rings. The van der Waals surface area contributed by atoms with Gasteiger partial charge in [0.1, 0.15) is 0 Å². The molecule has 1 amide bonds. The van der Waals surface area contributed by atoms with Gasteiger partial charge in [-0.2, -0.15) is 5.10 Å². The molecule has 6 nitrogen and oxygen atoms in total. The number of amides is 1. The van der Waals surface area contributed by atoms with Gasteiger partial charge in [0.15, 0.2) is 0 Å². The van der Waals surface area contributed by atoms with Gasteiger partial charge in [0.25, 0.3) is 5.91 Å². The average molecular weight is 388 g/mol. The average Bonchev–Trinajstić information content (AvgIpc) is 3.18. The lowest BCUT2D eigenvalue weighted by atomic mass is 10.1. The number of rotatable bonds is 5. The third-order valence-electron chi connectivity index (χ3n) is 5.05. The zero-order chi connectivity index (χ0) is 19.9. The van der Waals surface area contributed by atoms with E-state index in [9.17, 15) is 4.79 Å². The molecule has 29 heavy (non-hydrogen) atoms. The Labute approximate surface area is 170 Å². The Morgan fingerprint density at radius 3 is 2.69 bits per heavy atom. The van der Waals surface area contributed by atoms with Crippen LogP contribution in [0.4, 0.5) is 0 Å². The van der Waals surface area contributed by atoms with Crippen LogP contribution in [0.2, 0.25) is 0 Å². The second-order valence-electron chi connectivity index (χ2n) is 6.99. The van der Waals surface area contributed by atoms with E-state index in [0.29, 0.717) is 5.56 Å². The fraction of sp³-hybridized carbons (Fsp3) is 0.261. The second kappa shape index (κ2) is 9.30. The highest BCUT2D eigenvalue weighted by molar-refractivity contribution is 5.94. The fourth-order valence-corrected chi connectivity index (χ4v) is 3.65. The van der Waals surface area contributed by atoms with E-state index < -0.39 is 0 Å². The topological polar surface area (TPSA) is 66.8 Å². The molecule has 1 fully saturated rings. The van der Waals surface area contributed by atoms with E-state index >= 15 is 0 Å². The van der Waals surface area contributed by atoms with Crippen LogP contribution in [0.3, 0.4) is 0 Å². The van der Waals surface area contributed by atoms with Gasteiger partial charge in [0, 0.05) is 31.2 Å². The number of pyridine rings is 1. The molecular formula is C23H24N4O2. The number of benzene rings is 1. The lowest BCUT2D eigenvalue weighted by Gasteiger charge is -2.31. The number of aromatic nitrogens is 1. The van der Waals surface area contributed by atoms with E-state index in [4.69, 9.17) is 4.74 Å². The molecule has 2 heterocycles. The van der Waals surface area contributed by atoms with E-state index in [1.54, 1.807) is 24.5 Å². The monoisotopic (exact) mass is 388 g/mol. The first-order chi connectivity index (χ1) is 14.3. The lowest BCUT2D eigenvalue weighted by Crippen LogP contribution is -2.36. The van der Waals surface area contributed by atoms with Crippen LogP contribution in [0.25, 0.3) is 6.08 Å². The number of hydrogen-bond donors (Lipinski definition) is 1. The maximum Gasteiger partial charge on any atom is 0.272 e. The predicted molar refractivity (Wildman–Crippen MR) is 113 cm³/mol. The van der Waals surface area contributed by atoms with Crippen LogP contribution in [0.1, 0.15) is 28.8 Å². The number of carbonyl (C=O) groups excluding carboxylic acids is 1. The third-order valence-corrected chi connectivity index (χ3v) is 5.05. The molecule has 0 unspecified atom stereocenters. The van der Waals surface area contributed by atoms with Crippen molar-refractivity contribution in [1.29, 1.82) is 0 Å². The first-order valence-electron chi connectivity index (χ1n) is 9.86. The molecule has 1 aliphatic heterocycles. The molecule has 4 rings (SSSR count). The number of ether oxygens (including phenoxy) is 1. The number of morpholine rings is 1. The molecule has 1 aromatic heterocycles. The molecule has 0 spiro atoms. The number of nitrogens with zero attached hydrogens (tertiary/aromatic N) is 3. The Bertz CT molecular complexity index is 930. The van der Waals surface area contributed by atoms with Crippen molar-refractivity contribution < 1.29 is 9.53 Å². The van der Waals surface area contributed by atoms with Gasteiger partial charge in [-0.3, -0.25) is 9.78 Å². The van der Waals surface area contributed by atoms with Crippen molar-refractivity contribution in [2.75, 3.05) is 26.3 Å². The Morgan fingerprint density at radius 1 is 1.10 bits per heavy atom. The molecule has 0 atom stereocenters. The first-order valence-corrected chi connectivity index (χ1v) is 9.86. The molecule has 0 radical (unpaired) electrons. The van der Waals surface area contributed by atoms with Crippen molar-refractivity contribution in [2.24, 2.45) is 5.10 Å². The minimum absolute atomic E-state index is 0.263. The summed E-state index contributed by atoms with van der Waals surface area (Å²) >= 11 is 0. The van der Waals surface area contributed by atoms with Crippen LogP contribution in [0, 0.1) is 0 Å². The Hall–Kier alpha value is -3.25. The van der Waals surface area contributed by atoms with Gasteiger partial charge in [0.05, 0.1) is 25.0 Å². The predicted octanol–water partition coefficient (Wildman–Crippen LogP) is 3.26. The Balaban J connectivity index is 1.56. The summed E-state index contributed by atoms with van der Waals surface area (Å²) in [6, 6.07) is 13.8. The molecule has 1 aromatic carbocycles. The molecule has 1 aliphatic carbocycles. The van der Waals surface area contributed by atoms with Crippen molar-refractivity contribution in [3.63, 3.8) is 0 Å². The van der Waals surface area contributed by atoms with Gasteiger partial charge < -0.3 is 9.64 Å². The van der Waals surface area contributed by atoms with Gasteiger partial charge in [-0.25, -0.2) is 5.43 Å². The normalized spacial score (nSPS) is 18.6. The molecule has 0 saturated carbocycles. The molecular weight excluding hydrogens is 364 g/mol. The van der Waals surface area contributed by atoms with Gasteiger partial charge in [0.2, 0.25) is 0 Å². The maximum absolute atomic E-state index is 12.2. The van der Waals surface area contributed by atoms with Gasteiger partial charge in [-0.1, -0.05) is 30.3 Å². The van der Waals surface area contributed by atoms with Crippen molar-refractivity contribution in [3.8, 4) is 0 Å². The highest BCUT2D eigenvalue weighted by Gasteiger charge is 2.25. The summed E-state index contributed by atoms with van der Waals surface area (Å²) < 4.78 is 5.53. The van der Waals surface area contributed by atoms with E-state index in [1.807, 2.05) is 6.07 Å². The molecule has 1 N–H and O–H groups in total. The van der Waals surface area contributed by atoms with Gasteiger partial charge in [-0.05, 0) is 47.8 Å². The number of allylic oxidation sites excluding steroid dienone is 2. The van der Waals surface area contributed by atoms with Crippen LogP contribution < -0.4 is 5.43 Å². The standard InChI is InChI=1S/C23H24N4O2/c28-23(21-7-4-10-24-16-21)26-25-17-20-9-8-19(15-18-5-2-1-3-6-18)22(20)27-11-13-29-14-12-27/h1-7,10,15-17H,8-9,11-14H2,(H,26,28)/b19-15+,25-17+. The van der Waals surface area contributed by atoms with E-state index in [2.05, 4.69) is 50.8 Å². The molecule has 2 aliphatic rings. The third kappa shape index (κ3) is 4.78. The van der Waals surface area contributed by atoms with E-state index in [0.717, 1.165) is 44.7 Å². The van der Waals surface area contributed by atoms with Crippen LogP contribution in [-0.4, -0.2) is 48.3 Å².